The van der Waals surface area contributed by atoms with E-state index in [2.05, 4.69) is 24.4 Å². The smallest absolute Gasteiger partial charge is 0.224 e. The second-order valence-corrected chi connectivity index (χ2v) is 7.00. The van der Waals surface area contributed by atoms with Crippen LogP contribution in [0.1, 0.15) is 35.6 Å². The van der Waals surface area contributed by atoms with Crippen LogP contribution in [0.5, 0.6) is 11.5 Å². The molecule has 1 aliphatic rings. The molecule has 0 amide bonds. The Balaban J connectivity index is 1.78. The second kappa shape index (κ2) is 7.28. The average molecular weight is 339 g/mol. The first-order chi connectivity index (χ1) is 12.0. The number of rotatable bonds is 4. The van der Waals surface area contributed by atoms with Crippen LogP contribution in [0, 0.1) is 12.8 Å². The molecule has 0 fully saturated rings. The molecule has 0 spiro atoms. The number of hydrogen-bond donors (Lipinski definition) is 3. The first-order valence-corrected chi connectivity index (χ1v) is 8.82. The Labute approximate surface area is 148 Å². The maximum absolute atomic E-state index is 11.9. The molecular formula is C21H25NO3. The summed E-state index contributed by atoms with van der Waals surface area (Å²) in [6.45, 7) is 4.89. The summed E-state index contributed by atoms with van der Waals surface area (Å²) in [6.07, 6.45) is 2.39. The van der Waals surface area contributed by atoms with Crippen molar-refractivity contribution in [3.05, 3.63) is 68.9 Å². The van der Waals surface area contributed by atoms with E-state index in [0.717, 1.165) is 36.1 Å². The van der Waals surface area contributed by atoms with Crippen LogP contribution in [-0.2, 0) is 19.4 Å². The van der Waals surface area contributed by atoms with Crippen molar-refractivity contribution in [2.75, 3.05) is 0 Å². The number of aryl methyl sites for hydroxylation is 1. The number of hydrogen-bond acceptors (Lipinski definition) is 4. The lowest BCUT2D eigenvalue weighted by Crippen LogP contribution is -2.36. The van der Waals surface area contributed by atoms with E-state index in [9.17, 15) is 15.0 Å². The Morgan fingerprint density at radius 2 is 1.88 bits per heavy atom. The van der Waals surface area contributed by atoms with E-state index in [1.54, 1.807) is 0 Å². The lowest BCUT2D eigenvalue weighted by atomic mass is 9.79. The Morgan fingerprint density at radius 3 is 2.60 bits per heavy atom. The summed E-state index contributed by atoms with van der Waals surface area (Å²) < 4.78 is 0. The summed E-state index contributed by atoms with van der Waals surface area (Å²) in [4.78, 5) is 11.9. The van der Waals surface area contributed by atoms with Crippen molar-refractivity contribution in [1.29, 1.82) is 0 Å². The third kappa shape index (κ3) is 3.69. The highest BCUT2D eigenvalue weighted by atomic mass is 16.3. The molecule has 2 atom stereocenters. The quantitative estimate of drug-likeness (QED) is 0.801. The van der Waals surface area contributed by atoms with Crippen molar-refractivity contribution in [1.82, 2.24) is 5.32 Å². The number of aromatic hydroxyl groups is 2. The topological polar surface area (TPSA) is 69.6 Å². The van der Waals surface area contributed by atoms with Crippen LogP contribution in [0.2, 0.25) is 0 Å². The van der Waals surface area contributed by atoms with Crippen LogP contribution in [0.3, 0.4) is 0 Å². The number of nitrogens with one attached hydrogen (secondary N) is 1. The Kier molecular flexibility index (Phi) is 5.09. The zero-order chi connectivity index (χ0) is 18.0. The Morgan fingerprint density at radius 1 is 1.16 bits per heavy atom. The molecule has 3 rings (SSSR count). The fourth-order valence-corrected chi connectivity index (χ4v) is 3.71. The van der Waals surface area contributed by atoms with Gasteiger partial charge in [-0.15, -0.1) is 0 Å². The van der Waals surface area contributed by atoms with Crippen LogP contribution in [0.25, 0.3) is 0 Å². The highest BCUT2D eigenvalue weighted by Gasteiger charge is 2.27. The normalized spacial score (nSPS) is 17.8. The van der Waals surface area contributed by atoms with Gasteiger partial charge in [0, 0.05) is 18.2 Å². The van der Waals surface area contributed by atoms with Gasteiger partial charge < -0.3 is 15.5 Å². The molecule has 0 saturated carbocycles. The molecule has 0 heterocycles. The standard InChI is InChI=1S/C21H25NO3/c1-13-10-19(23)21(25)20(24)17-9-8-16(11-18(13)17)14(2)22-12-15-6-4-3-5-7-15/h3-7,10,14,16,22H,8-9,11-12H2,1-2H3,(H2,23,24,25)/t14?,16-/m0/s1. The van der Waals surface area contributed by atoms with Crippen molar-refractivity contribution in [3.63, 3.8) is 0 Å². The summed E-state index contributed by atoms with van der Waals surface area (Å²) in [7, 11) is 0. The van der Waals surface area contributed by atoms with Gasteiger partial charge in [0.15, 0.2) is 5.75 Å². The molecule has 2 aromatic carbocycles. The third-order valence-corrected chi connectivity index (χ3v) is 5.34. The van der Waals surface area contributed by atoms with E-state index in [1.165, 1.54) is 11.6 Å². The largest absolute Gasteiger partial charge is 0.504 e. The minimum atomic E-state index is -0.530. The monoisotopic (exact) mass is 339 g/mol. The minimum absolute atomic E-state index is 0.239. The maximum atomic E-state index is 11.9. The summed E-state index contributed by atoms with van der Waals surface area (Å²) in [6, 6.07) is 12.1. The molecule has 2 aromatic rings. The summed E-state index contributed by atoms with van der Waals surface area (Å²) >= 11 is 0. The van der Waals surface area contributed by atoms with Gasteiger partial charge in [-0.2, -0.15) is 0 Å². The van der Waals surface area contributed by atoms with Crippen molar-refractivity contribution in [3.8, 4) is 11.5 Å². The van der Waals surface area contributed by atoms with E-state index in [-0.39, 0.29) is 5.75 Å². The van der Waals surface area contributed by atoms with Gasteiger partial charge in [0.05, 0.1) is 0 Å². The molecule has 1 unspecified atom stereocenters. The van der Waals surface area contributed by atoms with Gasteiger partial charge in [-0.25, -0.2) is 0 Å². The molecule has 4 heteroatoms. The zero-order valence-corrected chi connectivity index (χ0v) is 14.7. The van der Waals surface area contributed by atoms with E-state index in [1.807, 2.05) is 25.1 Å². The summed E-state index contributed by atoms with van der Waals surface area (Å²) in [5.41, 5.74) is 3.31. The van der Waals surface area contributed by atoms with Crippen LogP contribution in [0.15, 0.2) is 41.2 Å². The molecule has 0 aromatic heterocycles. The van der Waals surface area contributed by atoms with Gasteiger partial charge in [0.1, 0.15) is 0 Å². The molecule has 0 aliphatic heterocycles. The van der Waals surface area contributed by atoms with Crippen molar-refractivity contribution >= 4 is 0 Å². The lowest BCUT2D eigenvalue weighted by molar-refractivity contribution is 0.330. The van der Waals surface area contributed by atoms with Crippen molar-refractivity contribution in [2.45, 2.75) is 45.7 Å². The predicted molar refractivity (Wildman–Crippen MR) is 99.0 cm³/mol. The van der Waals surface area contributed by atoms with Crippen LogP contribution < -0.4 is 10.7 Å². The van der Waals surface area contributed by atoms with Gasteiger partial charge in [-0.1, -0.05) is 30.3 Å². The molecule has 0 radical (unpaired) electrons. The van der Waals surface area contributed by atoms with Gasteiger partial charge in [0.2, 0.25) is 11.2 Å². The van der Waals surface area contributed by atoms with E-state index < -0.39 is 11.2 Å². The van der Waals surface area contributed by atoms with E-state index >= 15 is 0 Å². The Bertz CT molecular complexity index is 817. The fourth-order valence-electron chi connectivity index (χ4n) is 3.71. The molecule has 0 bridgehead atoms. The van der Waals surface area contributed by atoms with Gasteiger partial charge in [-0.3, -0.25) is 4.79 Å². The fraction of sp³-hybridized carbons (Fsp3) is 0.381. The molecule has 1 aliphatic carbocycles. The van der Waals surface area contributed by atoms with E-state index in [4.69, 9.17) is 0 Å². The molecule has 132 valence electrons. The highest BCUT2D eigenvalue weighted by molar-refractivity contribution is 5.51. The zero-order valence-electron chi connectivity index (χ0n) is 14.7. The molecule has 3 N–H and O–H groups in total. The maximum Gasteiger partial charge on any atom is 0.224 e. The lowest BCUT2D eigenvalue weighted by Gasteiger charge is -2.30. The van der Waals surface area contributed by atoms with Crippen molar-refractivity contribution < 1.29 is 10.2 Å². The molecule has 25 heavy (non-hydrogen) atoms. The van der Waals surface area contributed by atoms with E-state index in [0.29, 0.717) is 18.4 Å². The van der Waals surface area contributed by atoms with Gasteiger partial charge in [-0.05, 0) is 61.8 Å². The first-order valence-electron chi connectivity index (χ1n) is 8.82. The van der Waals surface area contributed by atoms with Crippen LogP contribution in [0.4, 0.5) is 0 Å². The number of fused-ring (bicyclic) bond motifs is 1. The van der Waals surface area contributed by atoms with Gasteiger partial charge in [0.25, 0.3) is 0 Å². The van der Waals surface area contributed by atoms with Crippen molar-refractivity contribution in [2.24, 2.45) is 5.92 Å². The second-order valence-electron chi connectivity index (χ2n) is 7.00. The summed E-state index contributed by atoms with van der Waals surface area (Å²) in [5.74, 6) is -0.344. The molecule has 0 saturated heterocycles. The average Bonchev–Trinajstić information content (AvgIpc) is 2.71. The number of benzene rings is 1. The highest BCUT2D eigenvalue weighted by Crippen LogP contribution is 2.36. The molecular weight excluding hydrogens is 314 g/mol. The van der Waals surface area contributed by atoms with Gasteiger partial charge >= 0.3 is 0 Å². The predicted octanol–water partition coefficient (Wildman–Crippen LogP) is 3.05. The minimum Gasteiger partial charge on any atom is -0.504 e. The van der Waals surface area contributed by atoms with Crippen LogP contribution in [-0.4, -0.2) is 16.3 Å². The molecule has 4 nitrogen and oxygen atoms in total. The first kappa shape index (κ1) is 17.5. The SMILES string of the molecule is Cc1cc(=O)c(O)c(O)c2c1C[C@@H](C(C)NCc1ccccc1)CC2. The summed E-state index contributed by atoms with van der Waals surface area (Å²) in [5, 5.41) is 23.7. The Hall–Kier alpha value is -2.33. The third-order valence-electron chi connectivity index (χ3n) is 5.34. The van der Waals surface area contributed by atoms with Crippen LogP contribution >= 0.6 is 0 Å².